The van der Waals surface area contributed by atoms with E-state index in [2.05, 4.69) is 44.8 Å². The van der Waals surface area contributed by atoms with Gasteiger partial charge in [-0.2, -0.15) is 4.98 Å². The Bertz CT molecular complexity index is 427. The van der Waals surface area contributed by atoms with Gasteiger partial charge in [0.25, 0.3) is 0 Å². The van der Waals surface area contributed by atoms with Crippen LogP contribution in [0.3, 0.4) is 0 Å². The number of nitrogens with zero attached hydrogens (tertiary/aromatic N) is 2. The van der Waals surface area contributed by atoms with Gasteiger partial charge in [0, 0.05) is 17.9 Å². The smallest absolute Gasteiger partial charge is 0.230 e. The fourth-order valence-electron chi connectivity index (χ4n) is 3.06. The highest BCUT2D eigenvalue weighted by Gasteiger charge is 2.44. The number of hydrogen-bond donors (Lipinski definition) is 1. The lowest BCUT2D eigenvalue weighted by Crippen LogP contribution is -2.45. The maximum atomic E-state index is 6.20. The van der Waals surface area contributed by atoms with Crippen molar-refractivity contribution in [2.45, 2.75) is 71.8 Å². The summed E-state index contributed by atoms with van der Waals surface area (Å²) >= 11 is 0. The molecule has 0 saturated heterocycles. The van der Waals surface area contributed by atoms with Crippen molar-refractivity contribution in [3.63, 3.8) is 0 Å². The highest BCUT2D eigenvalue weighted by molar-refractivity contribution is 5.07. The standard InChI is InChI=1S/C15H27N3O/c1-6-9(2)13-17-14(19-18-13)11-7-8-12(16)10(3)15(11,4)5/h9-12H,6-8,16H2,1-5H3. The average molecular weight is 265 g/mol. The molecule has 1 aliphatic rings. The number of nitrogens with two attached hydrogens (primary N) is 1. The molecule has 0 aromatic carbocycles. The third-order valence-electron chi connectivity index (χ3n) is 5.31. The molecule has 2 rings (SSSR count). The molecule has 2 N–H and O–H groups in total. The quantitative estimate of drug-likeness (QED) is 0.909. The molecule has 1 aliphatic carbocycles. The molecule has 108 valence electrons. The second-order valence-electron chi connectivity index (χ2n) is 6.70. The van der Waals surface area contributed by atoms with E-state index in [0.717, 1.165) is 31.0 Å². The van der Waals surface area contributed by atoms with E-state index in [0.29, 0.717) is 17.8 Å². The van der Waals surface area contributed by atoms with Crippen LogP contribution in [0.15, 0.2) is 4.52 Å². The molecular formula is C15H27N3O. The summed E-state index contributed by atoms with van der Waals surface area (Å²) in [5.41, 5.74) is 6.31. The van der Waals surface area contributed by atoms with E-state index in [-0.39, 0.29) is 11.5 Å². The van der Waals surface area contributed by atoms with E-state index < -0.39 is 0 Å². The molecule has 1 saturated carbocycles. The van der Waals surface area contributed by atoms with Gasteiger partial charge < -0.3 is 10.3 Å². The summed E-state index contributed by atoms with van der Waals surface area (Å²) in [6, 6.07) is 0.281. The van der Waals surface area contributed by atoms with Gasteiger partial charge in [0.2, 0.25) is 5.89 Å². The van der Waals surface area contributed by atoms with Crippen molar-refractivity contribution in [3.8, 4) is 0 Å². The molecule has 0 spiro atoms. The molecule has 1 fully saturated rings. The largest absolute Gasteiger partial charge is 0.339 e. The van der Waals surface area contributed by atoms with Crippen LogP contribution in [-0.2, 0) is 0 Å². The van der Waals surface area contributed by atoms with E-state index in [9.17, 15) is 0 Å². The predicted octanol–water partition coefficient (Wildman–Crippen LogP) is 3.45. The molecule has 4 heteroatoms. The minimum Gasteiger partial charge on any atom is -0.339 e. The van der Waals surface area contributed by atoms with Crippen molar-refractivity contribution in [1.82, 2.24) is 10.1 Å². The molecule has 1 heterocycles. The van der Waals surface area contributed by atoms with Crippen LogP contribution >= 0.6 is 0 Å². The fraction of sp³-hybridized carbons (Fsp3) is 0.867. The van der Waals surface area contributed by atoms with Crippen LogP contribution in [0.4, 0.5) is 0 Å². The topological polar surface area (TPSA) is 64.9 Å². The van der Waals surface area contributed by atoms with Crippen LogP contribution in [0.1, 0.15) is 77.4 Å². The van der Waals surface area contributed by atoms with Crippen LogP contribution < -0.4 is 5.73 Å². The van der Waals surface area contributed by atoms with Gasteiger partial charge in [-0.1, -0.05) is 39.8 Å². The predicted molar refractivity (Wildman–Crippen MR) is 75.9 cm³/mol. The summed E-state index contributed by atoms with van der Waals surface area (Å²) in [4.78, 5) is 4.64. The Morgan fingerprint density at radius 3 is 2.74 bits per heavy atom. The molecular weight excluding hydrogens is 238 g/mol. The molecule has 0 aliphatic heterocycles. The Morgan fingerprint density at radius 1 is 1.42 bits per heavy atom. The zero-order chi connectivity index (χ0) is 14.2. The lowest BCUT2D eigenvalue weighted by molar-refractivity contribution is 0.0806. The normalized spacial score (nSPS) is 32.2. The third kappa shape index (κ3) is 2.55. The molecule has 1 aromatic rings. The lowest BCUT2D eigenvalue weighted by Gasteiger charge is -2.45. The second kappa shape index (κ2) is 5.23. The van der Waals surface area contributed by atoms with Crippen LogP contribution in [0, 0.1) is 11.3 Å². The zero-order valence-corrected chi connectivity index (χ0v) is 12.8. The van der Waals surface area contributed by atoms with Crippen LogP contribution in [0.25, 0.3) is 0 Å². The zero-order valence-electron chi connectivity index (χ0n) is 12.8. The number of hydrogen-bond acceptors (Lipinski definition) is 4. The first kappa shape index (κ1) is 14.5. The summed E-state index contributed by atoms with van der Waals surface area (Å²) in [6.45, 7) is 11.1. The van der Waals surface area contributed by atoms with Crippen molar-refractivity contribution < 1.29 is 4.52 Å². The van der Waals surface area contributed by atoms with Crippen LogP contribution in [0.5, 0.6) is 0 Å². The van der Waals surface area contributed by atoms with Gasteiger partial charge >= 0.3 is 0 Å². The van der Waals surface area contributed by atoms with Gasteiger partial charge in [0.1, 0.15) is 0 Å². The van der Waals surface area contributed by atoms with Crippen molar-refractivity contribution in [2.75, 3.05) is 0 Å². The fourth-order valence-corrected chi connectivity index (χ4v) is 3.06. The first-order chi connectivity index (χ1) is 8.87. The number of aromatic nitrogens is 2. The van der Waals surface area contributed by atoms with Gasteiger partial charge in [-0.3, -0.25) is 0 Å². The third-order valence-corrected chi connectivity index (χ3v) is 5.31. The summed E-state index contributed by atoms with van der Waals surface area (Å²) in [6.07, 6.45) is 3.12. The Hall–Kier alpha value is -0.900. The van der Waals surface area contributed by atoms with Gasteiger partial charge in [-0.05, 0) is 30.6 Å². The van der Waals surface area contributed by atoms with Crippen molar-refractivity contribution in [2.24, 2.45) is 17.1 Å². The van der Waals surface area contributed by atoms with Gasteiger partial charge in [-0.15, -0.1) is 0 Å². The summed E-state index contributed by atoms with van der Waals surface area (Å²) in [7, 11) is 0. The molecule has 1 aromatic heterocycles. The Labute approximate surface area is 116 Å². The molecule has 4 atom stereocenters. The SMILES string of the molecule is CCC(C)c1noc(C2CCC(N)C(C)C2(C)C)n1. The Kier molecular flexibility index (Phi) is 4.00. The van der Waals surface area contributed by atoms with Crippen LogP contribution in [0.2, 0.25) is 0 Å². The van der Waals surface area contributed by atoms with Crippen molar-refractivity contribution in [3.05, 3.63) is 11.7 Å². The maximum Gasteiger partial charge on any atom is 0.230 e. The minimum atomic E-state index is 0.108. The van der Waals surface area contributed by atoms with Gasteiger partial charge in [-0.25, -0.2) is 0 Å². The summed E-state index contributed by atoms with van der Waals surface area (Å²) in [5.74, 6) is 2.80. The summed E-state index contributed by atoms with van der Waals surface area (Å²) in [5, 5.41) is 4.15. The van der Waals surface area contributed by atoms with Gasteiger partial charge in [0.15, 0.2) is 5.82 Å². The van der Waals surface area contributed by atoms with E-state index in [1.807, 2.05) is 0 Å². The average Bonchev–Trinajstić information content (AvgIpc) is 2.84. The van der Waals surface area contributed by atoms with E-state index >= 15 is 0 Å². The molecule has 0 bridgehead atoms. The molecule has 0 radical (unpaired) electrons. The molecule has 0 amide bonds. The second-order valence-corrected chi connectivity index (χ2v) is 6.70. The monoisotopic (exact) mass is 265 g/mol. The van der Waals surface area contributed by atoms with E-state index in [1.165, 1.54) is 0 Å². The van der Waals surface area contributed by atoms with Crippen LogP contribution in [-0.4, -0.2) is 16.2 Å². The number of rotatable bonds is 3. The molecule has 4 nitrogen and oxygen atoms in total. The first-order valence-corrected chi connectivity index (χ1v) is 7.47. The Morgan fingerprint density at radius 2 is 2.11 bits per heavy atom. The van der Waals surface area contributed by atoms with Crippen molar-refractivity contribution >= 4 is 0 Å². The summed E-state index contributed by atoms with van der Waals surface area (Å²) < 4.78 is 5.54. The lowest BCUT2D eigenvalue weighted by atomic mass is 9.61. The Balaban J connectivity index is 2.24. The molecule has 4 unspecified atom stereocenters. The highest BCUT2D eigenvalue weighted by Crippen LogP contribution is 2.49. The highest BCUT2D eigenvalue weighted by atomic mass is 16.5. The first-order valence-electron chi connectivity index (χ1n) is 7.47. The maximum absolute atomic E-state index is 6.20. The minimum absolute atomic E-state index is 0.108. The van der Waals surface area contributed by atoms with Gasteiger partial charge in [0.05, 0.1) is 0 Å². The van der Waals surface area contributed by atoms with Crippen molar-refractivity contribution in [1.29, 1.82) is 0 Å². The van der Waals surface area contributed by atoms with E-state index in [4.69, 9.17) is 10.3 Å². The molecule has 19 heavy (non-hydrogen) atoms. The van der Waals surface area contributed by atoms with E-state index in [1.54, 1.807) is 0 Å².